The molecule has 1 N–H and O–H groups in total. The predicted molar refractivity (Wildman–Crippen MR) is 95.8 cm³/mol. The molecule has 1 fully saturated rings. The van der Waals surface area contributed by atoms with E-state index < -0.39 is 0 Å². The number of hydrogen-bond acceptors (Lipinski definition) is 1. The van der Waals surface area contributed by atoms with Crippen molar-refractivity contribution in [1.82, 2.24) is 5.32 Å². The van der Waals surface area contributed by atoms with Gasteiger partial charge in [-0.05, 0) is 63.1 Å². The van der Waals surface area contributed by atoms with Gasteiger partial charge in [-0.25, -0.2) is 0 Å². The van der Waals surface area contributed by atoms with Crippen molar-refractivity contribution in [3.8, 4) is 0 Å². The molecule has 1 saturated carbocycles. The average molecular weight is 352 g/mol. The summed E-state index contributed by atoms with van der Waals surface area (Å²) in [4.78, 5) is 0. The molecule has 2 heteroatoms. The van der Waals surface area contributed by atoms with Crippen molar-refractivity contribution in [2.75, 3.05) is 6.54 Å². The lowest BCUT2D eigenvalue weighted by atomic mass is 9.81. The molecule has 1 aromatic carbocycles. The minimum absolute atomic E-state index is 0.189. The number of rotatable bonds is 4. The van der Waals surface area contributed by atoms with Crippen molar-refractivity contribution < 1.29 is 0 Å². The van der Waals surface area contributed by atoms with Gasteiger partial charge in [0.05, 0.1) is 0 Å². The third-order valence-electron chi connectivity index (χ3n) is 4.60. The highest BCUT2D eigenvalue weighted by Gasteiger charge is 2.25. The summed E-state index contributed by atoms with van der Waals surface area (Å²) in [6.07, 6.45) is 8.45. The zero-order valence-electron chi connectivity index (χ0n) is 13.8. The summed E-state index contributed by atoms with van der Waals surface area (Å²) >= 11 is 3.64. The Balaban J connectivity index is 2.16. The zero-order valence-corrected chi connectivity index (χ0v) is 15.4. The molecule has 1 aliphatic rings. The van der Waals surface area contributed by atoms with Crippen molar-refractivity contribution in [3.05, 3.63) is 34.3 Å². The third kappa shape index (κ3) is 5.75. The van der Waals surface area contributed by atoms with Crippen molar-refractivity contribution in [3.63, 3.8) is 0 Å². The molecule has 118 valence electrons. The highest BCUT2D eigenvalue weighted by molar-refractivity contribution is 9.10. The van der Waals surface area contributed by atoms with Crippen LogP contribution >= 0.6 is 15.9 Å². The van der Waals surface area contributed by atoms with Gasteiger partial charge >= 0.3 is 0 Å². The standard InChI is InChI=1S/C19H30BrN/c1-19(2,3)21-14-18(15-9-6-4-5-7-10-15)16-11-8-12-17(20)13-16/h8,11-13,15,18,21H,4-7,9-10,14H2,1-3H3. The van der Waals surface area contributed by atoms with E-state index in [1.165, 1.54) is 48.6 Å². The van der Waals surface area contributed by atoms with Gasteiger partial charge < -0.3 is 5.32 Å². The molecule has 0 heterocycles. The maximum atomic E-state index is 3.74. The van der Waals surface area contributed by atoms with Gasteiger partial charge in [0.1, 0.15) is 0 Å². The van der Waals surface area contributed by atoms with Crippen LogP contribution in [0.1, 0.15) is 70.8 Å². The number of hydrogen-bond donors (Lipinski definition) is 1. The number of benzene rings is 1. The summed E-state index contributed by atoms with van der Waals surface area (Å²) in [6, 6.07) is 8.94. The second-order valence-corrected chi connectivity index (χ2v) is 8.46. The van der Waals surface area contributed by atoms with Gasteiger partial charge in [-0.2, -0.15) is 0 Å². The Labute approximate surface area is 139 Å². The van der Waals surface area contributed by atoms with Crippen molar-refractivity contribution in [2.45, 2.75) is 70.8 Å². The van der Waals surface area contributed by atoms with Crippen LogP contribution in [-0.2, 0) is 0 Å². The van der Waals surface area contributed by atoms with Gasteiger partial charge in [0.2, 0.25) is 0 Å². The van der Waals surface area contributed by atoms with Crippen LogP contribution < -0.4 is 5.32 Å². The largest absolute Gasteiger partial charge is 0.311 e. The van der Waals surface area contributed by atoms with Crippen LogP contribution in [0.2, 0.25) is 0 Å². The minimum Gasteiger partial charge on any atom is -0.311 e. The topological polar surface area (TPSA) is 12.0 Å². The maximum absolute atomic E-state index is 3.74. The van der Waals surface area contributed by atoms with Crippen LogP contribution in [0.5, 0.6) is 0 Å². The van der Waals surface area contributed by atoms with E-state index >= 15 is 0 Å². The van der Waals surface area contributed by atoms with Crippen LogP contribution in [0, 0.1) is 5.92 Å². The molecule has 1 nitrogen and oxygen atoms in total. The molecule has 1 unspecified atom stereocenters. The fourth-order valence-electron chi connectivity index (χ4n) is 3.42. The predicted octanol–water partition coefficient (Wildman–Crippen LogP) is 5.89. The average Bonchev–Trinajstić information content (AvgIpc) is 2.67. The van der Waals surface area contributed by atoms with E-state index in [2.05, 4.69) is 66.3 Å². The van der Waals surface area contributed by atoms with E-state index in [1.807, 2.05) is 0 Å². The molecule has 0 amide bonds. The number of nitrogens with one attached hydrogen (secondary N) is 1. The molecule has 0 aromatic heterocycles. The first kappa shape index (κ1) is 17.0. The lowest BCUT2D eigenvalue weighted by molar-refractivity contribution is 0.324. The lowest BCUT2D eigenvalue weighted by Crippen LogP contribution is -2.40. The first-order valence-electron chi connectivity index (χ1n) is 8.46. The first-order chi connectivity index (χ1) is 9.96. The van der Waals surface area contributed by atoms with Crippen LogP contribution in [0.3, 0.4) is 0 Å². The van der Waals surface area contributed by atoms with Gasteiger partial charge in [-0.15, -0.1) is 0 Å². The molecule has 1 aromatic rings. The Morgan fingerprint density at radius 2 is 1.81 bits per heavy atom. The number of halogens is 1. The zero-order chi connectivity index (χ0) is 15.3. The summed E-state index contributed by atoms with van der Waals surface area (Å²) in [5, 5.41) is 3.74. The highest BCUT2D eigenvalue weighted by Crippen LogP contribution is 2.36. The van der Waals surface area contributed by atoms with Crippen LogP contribution in [0.25, 0.3) is 0 Å². The van der Waals surface area contributed by atoms with Gasteiger partial charge in [0, 0.05) is 16.6 Å². The monoisotopic (exact) mass is 351 g/mol. The minimum atomic E-state index is 0.189. The lowest BCUT2D eigenvalue weighted by Gasteiger charge is -2.31. The smallest absolute Gasteiger partial charge is 0.0178 e. The van der Waals surface area contributed by atoms with Crippen molar-refractivity contribution in [2.24, 2.45) is 5.92 Å². The summed E-state index contributed by atoms with van der Waals surface area (Å²) in [5.74, 6) is 1.47. The van der Waals surface area contributed by atoms with Crippen LogP contribution in [0.15, 0.2) is 28.7 Å². The second kappa shape index (κ2) is 7.78. The fourth-order valence-corrected chi connectivity index (χ4v) is 3.84. The molecule has 2 rings (SSSR count). The Morgan fingerprint density at radius 3 is 2.38 bits per heavy atom. The Bertz CT molecular complexity index is 427. The normalized spacial score (nSPS) is 19.2. The van der Waals surface area contributed by atoms with Crippen molar-refractivity contribution >= 4 is 15.9 Å². The quantitative estimate of drug-likeness (QED) is 0.666. The van der Waals surface area contributed by atoms with Gasteiger partial charge in [-0.1, -0.05) is 53.7 Å². The molecule has 0 aliphatic heterocycles. The highest BCUT2D eigenvalue weighted by atomic mass is 79.9. The molecular weight excluding hydrogens is 322 g/mol. The van der Waals surface area contributed by atoms with Crippen molar-refractivity contribution in [1.29, 1.82) is 0 Å². The Morgan fingerprint density at radius 1 is 1.14 bits per heavy atom. The fraction of sp³-hybridized carbons (Fsp3) is 0.684. The molecular formula is C19H30BrN. The van der Waals surface area contributed by atoms with E-state index in [9.17, 15) is 0 Å². The molecule has 0 bridgehead atoms. The molecule has 0 spiro atoms. The van der Waals surface area contributed by atoms with E-state index in [1.54, 1.807) is 0 Å². The van der Waals surface area contributed by atoms with E-state index in [4.69, 9.17) is 0 Å². The molecule has 21 heavy (non-hydrogen) atoms. The molecule has 1 atom stereocenters. The summed E-state index contributed by atoms with van der Waals surface area (Å²) < 4.78 is 1.20. The summed E-state index contributed by atoms with van der Waals surface area (Å²) in [5.41, 5.74) is 1.68. The van der Waals surface area contributed by atoms with Crippen LogP contribution in [0.4, 0.5) is 0 Å². The SMILES string of the molecule is CC(C)(C)NCC(c1cccc(Br)c1)C1CCCCCC1. The molecule has 0 saturated heterocycles. The first-order valence-corrected chi connectivity index (χ1v) is 9.25. The summed E-state index contributed by atoms with van der Waals surface area (Å²) in [7, 11) is 0. The maximum Gasteiger partial charge on any atom is 0.0178 e. The van der Waals surface area contributed by atoms with E-state index in [-0.39, 0.29) is 5.54 Å². The Hall–Kier alpha value is -0.340. The van der Waals surface area contributed by atoms with Gasteiger partial charge in [-0.3, -0.25) is 0 Å². The third-order valence-corrected chi connectivity index (χ3v) is 5.09. The second-order valence-electron chi connectivity index (χ2n) is 7.54. The summed E-state index contributed by atoms with van der Waals surface area (Å²) in [6.45, 7) is 7.87. The van der Waals surface area contributed by atoms with E-state index in [0.29, 0.717) is 5.92 Å². The van der Waals surface area contributed by atoms with E-state index in [0.717, 1.165) is 12.5 Å². The molecule has 1 aliphatic carbocycles. The van der Waals surface area contributed by atoms with Crippen LogP contribution in [-0.4, -0.2) is 12.1 Å². The Kier molecular flexibility index (Phi) is 6.31. The van der Waals surface area contributed by atoms with Gasteiger partial charge in [0.15, 0.2) is 0 Å². The molecule has 0 radical (unpaired) electrons. The van der Waals surface area contributed by atoms with Gasteiger partial charge in [0.25, 0.3) is 0 Å².